The zero-order valence-corrected chi connectivity index (χ0v) is 14.6. The van der Waals surface area contributed by atoms with Crippen LogP contribution in [0.2, 0.25) is 0 Å². The number of hydrogen-bond acceptors (Lipinski definition) is 6. The second-order valence-electron chi connectivity index (χ2n) is 5.80. The minimum atomic E-state index is 0. The number of aromatic nitrogens is 1. The Bertz CT molecular complexity index is 679. The molecule has 5 nitrogen and oxygen atoms in total. The fraction of sp³-hybridized carbons (Fsp3) is 0.438. The van der Waals surface area contributed by atoms with E-state index in [1.165, 1.54) is 0 Å². The van der Waals surface area contributed by atoms with Gasteiger partial charge < -0.3 is 14.8 Å². The number of halogens is 1. The predicted octanol–water partition coefficient (Wildman–Crippen LogP) is 2.75. The van der Waals surface area contributed by atoms with E-state index in [-0.39, 0.29) is 12.4 Å². The van der Waals surface area contributed by atoms with Crippen molar-refractivity contribution in [3.8, 4) is 22.1 Å². The third kappa shape index (κ3) is 3.61. The standard InChI is InChI=1S/C16H19N3O2S.ClH/c1-11-7-19(5-4-17-11)8-13-9-22-16(18-13)12-2-3-14-15(6-12)21-10-20-14;/h2-3,6,9,11,17H,4-5,7-8,10H2,1H3;1H. The molecule has 0 spiro atoms. The quantitative estimate of drug-likeness (QED) is 0.919. The van der Waals surface area contributed by atoms with Crippen LogP contribution in [0.15, 0.2) is 23.6 Å². The predicted molar refractivity (Wildman–Crippen MR) is 93.7 cm³/mol. The van der Waals surface area contributed by atoms with Crippen molar-refractivity contribution in [3.63, 3.8) is 0 Å². The first-order chi connectivity index (χ1) is 10.8. The first kappa shape index (κ1) is 16.5. The molecule has 4 rings (SSSR count). The molecule has 2 aliphatic heterocycles. The lowest BCUT2D eigenvalue weighted by Gasteiger charge is -2.31. The van der Waals surface area contributed by atoms with E-state index in [2.05, 4.69) is 22.5 Å². The summed E-state index contributed by atoms with van der Waals surface area (Å²) in [7, 11) is 0. The Morgan fingerprint density at radius 2 is 2.22 bits per heavy atom. The molecule has 1 fully saturated rings. The summed E-state index contributed by atoms with van der Waals surface area (Å²) in [5.74, 6) is 1.63. The molecule has 1 unspecified atom stereocenters. The Kier molecular flexibility index (Phi) is 5.06. The van der Waals surface area contributed by atoms with E-state index in [1.807, 2.05) is 18.2 Å². The number of piperazine rings is 1. The van der Waals surface area contributed by atoms with Crippen molar-refractivity contribution in [1.82, 2.24) is 15.2 Å². The fourth-order valence-corrected chi connectivity index (χ4v) is 3.73. The van der Waals surface area contributed by atoms with Crippen molar-refractivity contribution in [2.45, 2.75) is 19.5 Å². The molecule has 1 aromatic heterocycles. The van der Waals surface area contributed by atoms with Crippen LogP contribution in [-0.2, 0) is 6.54 Å². The minimum Gasteiger partial charge on any atom is -0.454 e. The van der Waals surface area contributed by atoms with Crippen LogP contribution in [-0.4, -0.2) is 42.4 Å². The summed E-state index contributed by atoms with van der Waals surface area (Å²) in [5.41, 5.74) is 2.24. The van der Waals surface area contributed by atoms with Gasteiger partial charge in [0.05, 0.1) is 5.69 Å². The van der Waals surface area contributed by atoms with Crippen molar-refractivity contribution >= 4 is 23.7 Å². The number of nitrogens with zero attached hydrogens (tertiary/aromatic N) is 2. The highest BCUT2D eigenvalue weighted by Crippen LogP contribution is 2.36. The second-order valence-corrected chi connectivity index (χ2v) is 6.66. The lowest BCUT2D eigenvalue weighted by atomic mass is 10.2. The average molecular weight is 354 g/mol. The van der Waals surface area contributed by atoms with E-state index in [0.717, 1.165) is 53.9 Å². The molecular weight excluding hydrogens is 334 g/mol. The van der Waals surface area contributed by atoms with Crippen LogP contribution >= 0.6 is 23.7 Å². The smallest absolute Gasteiger partial charge is 0.231 e. The van der Waals surface area contributed by atoms with Gasteiger partial charge in [-0.1, -0.05) is 0 Å². The number of nitrogens with one attached hydrogen (secondary N) is 1. The van der Waals surface area contributed by atoms with Crippen LogP contribution in [0.3, 0.4) is 0 Å². The average Bonchev–Trinajstić information content (AvgIpc) is 3.15. The largest absolute Gasteiger partial charge is 0.454 e. The van der Waals surface area contributed by atoms with E-state index in [4.69, 9.17) is 14.5 Å². The van der Waals surface area contributed by atoms with Crippen molar-refractivity contribution in [2.24, 2.45) is 0 Å². The molecule has 1 saturated heterocycles. The van der Waals surface area contributed by atoms with Gasteiger partial charge in [-0.05, 0) is 25.1 Å². The van der Waals surface area contributed by atoms with E-state index in [0.29, 0.717) is 12.8 Å². The Labute approximate surface area is 146 Å². The fourth-order valence-electron chi connectivity index (χ4n) is 2.93. The van der Waals surface area contributed by atoms with Crippen LogP contribution in [0.1, 0.15) is 12.6 Å². The molecule has 3 heterocycles. The van der Waals surface area contributed by atoms with E-state index in [9.17, 15) is 0 Å². The highest BCUT2D eigenvalue weighted by atomic mass is 35.5. The van der Waals surface area contributed by atoms with Gasteiger partial charge in [-0.15, -0.1) is 23.7 Å². The van der Waals surface area contributed by atoms with E-state index >= 15 is 0 Å². The van der Waals surface area contributed by atoms with Crippen LogP contribution in [0, 0.1) is 0 Å². The molecule has 0 amide bonds. The maximum Gasteiger partial charge on any atom is 0.231 e. The molecule has 1 N–H and O–H groups in total. The Morgan fingerprint density at radius 1 is 1.35 bits per heavy atom. The summed E-state index contributed by atoms with van der Waals surface area (Å²) in [5, 5.41) is 6.67. The van der Waals surface area contributed by atoms with Gasteiger partial charge in [-0.25, -0.2) is 4.98 Å². The van der Waals surface area contributed by atoms with Crippen LogP contribution in [0.4, 0.5) is 0 Å². The van der Waals surface area contributed by atoms with E-state index < -0.39 is 0 Å². The molecule has 1 aromatic carbocycles. The number of ether oxygens (including phenoxy) is 2. The molecule has 7 heteroatoms. The zero-order chi connectivity index (χ0) is 14.9. The molecule has 0 radical (unpaired) electrons. The monoisotopic (exact) mass is 353 g/mol. The Hall–Kier alpha value is -1.34. The first-order valence-corrected chi connectivity index (χ1v) is 8.46. The Balaban J connectivity index is 0.00000156. The van der Waals surface area contributed by atoms with Gasteiger partial charge in [0.2, 0.25) is 6.79 Å². The summed E-state index contributed by atoms with van der Waals surface area (Å²) >= 11 is 1.69. The lowest BCUT2D eigenvalue weighted by molar-refractivity contribution is 0.174. The molecule has 0 saturated carbocycles. The number of benzene rings is 1. The van der Waals surface area contributed by atoms with Crippen LogP contribution in [0.25, 0.3) is 10.6 Å². The summed E-state index contributed by atoms with van der Waals surface area (Å²) < 4.78 is 10.8. The van der Waals surface area contributed by atoms with Gasteiger partial charge in [0.15, 0.2) is 11.5 Å². The number of thiazole rings is 1. The lowest BCUT2D eigenvalue weighted by Crippen LogP contribution is -2.48. The zero-order valence-electron chi connectivity index (χ0n) is 12.9. The number of rotatable bonds is 3. The summed E-state index contributed by atoms with van der Waals surface area (Å²) in [4.78, 5) is 7.24. The maximum absolute atomic E-state index is 5.44. The Morgan fingerprint density at radius 3 is 3.09 bits per heavy atom. The topological polar surface area (TPSA) is 46.6 Å². The van der Waals surface area contributed by atoms with Gasteiger partial charge in [0.1, 0.15) is 5.01 Å². The number of hydrogen-bond donors (Lipinski definition) is 1. The summed E-state index contributed by atoms with van der Waals surface area (Å²) in [6.07, 6.45) is 0. The molecule has 0 bridgehead atoms. The highest BCUT2D eigenvalue weighted by molar-refractivity contribution is 7.13. The van der Waals surface area contributed by atoms with Gasteiger partial charge >= 0.3 is 0 Å². The van der Waals surface area contributed by atoms with Gasteiger partial charge in [-0.3, -0.25) is 4.90 Å². The van der Waals surface area contributed by atoms with Crippen molar-refractivity contribution in [1.29, 1.82) is 0 Å². The minimum absolute atomic E-state index is 0. The highest BCUT2D eigenvalue weighted by Gasteiger charge is 2.18. The third-order valence-electron chi connectivity index (χ3n) is 4.01. The molecule has 1 atom stereocenters. The molecule has 0 aliphatic carbocycles. The summed E-state index contributed by atoms with van der Waals surface area (Å²) in [6, 6.07) is 6.57. The van der Waals surface area contributed by atoms with Gasteiger partial charge in [0.25, 0.3) is 0 Å². The van der Waals surface area contributed by atoms with Gasteiger partial charge in [-0.2, -0.15) is 0 Å². The van der Waals surface area contributed by atoms with Crippen LogP contribution < -0.4 is 14.8 Å². The SMILES string of the molecule is CC1CN(Cc2csc(-c3ccc4c(c3)OCO4)n2)CCN1.Cl. The third-order valence-corrected chi connectivity index (χ3v) is 4.95. The van der Waals surface area contributed by atoms with E-state index in [1.54, 1.807) is 11.3 Å². The van der Waals surface area contributed by atoms with Crippen molar-refractivity contribution < 1.29 is 9.47 Å². The molecule has 2 aromatic rings. The molecule has 2 aliphatic rings. The summed E-state index contributed by atoms with van der Waals surface area (Å²) in [6.45, 7) is 6.68. The second kappa shape index (κ2) is 7.05. The molecule has 124 valence electrons. The molecule has 23 heavy (non-hydrogen) atoms. The maximum atomic E-state index is 5.44. The van der Waals surface area contributed by atoms with Crippen molar-refractivity contribution in [3.05, 3.63) is 29.3 Å². The first-order valence-electron chi connectivity index (χ1n) is 7.58. The molecular formula is C16H20ClN3O2S. The normalized spacial score (nSPS) is 20.3. The van der Waals surface area contributed by atoms with Gasteiger partial charge in [0, 0.05) is 43.2 Å². The van der Waals surface area contributed by atoms with Crippen molar-refractivity contribution in [2.75, 3.05) is 26.4 Å². The van der Waals surface area contributed by atoms with Crippen LogP contribution in [0.5, 0.6) is 11.5 Å². The number of fused-ring (bicyclic) bond motifs is 1.